The van der Waals surface area contributed by atoms with Gasteiger partial charge >= 0.3 is 16.1 Å². The molecule has 1 atom stereocenters. The van der Waals surface area contributed by atoms with E-state index in [2.05, 4.69) is 5.32 Å². The fraction of sp³-hybridized carbons (Fsp3) is 0.611. The van der Waals surface area contributed by atoms with Gasteiger partial charge in [0, 0.05) is 18.1 Å². The van der Waals surface area contributed by atoms with Crippen LogP contribution in [0.4, 0.5) is 4.79 Å². The third-order valence-electron chi connectivity index (χ3n) is 3.72. The fourth-order valence-corrected chi connectivity index (χ4v) is 2.62. The molecule has 6 nitrogen and oxygen atoms in total. The second-order valence-electron chi connectivity index (χ2n) is 7.14. The molecule has 0 fully saturated rings. The van der Waals surface area contributed by atoms with Crippen molar-refractivity contribution in [3.8, 4) is 5.75 Å². The van der Waals surface area contributed by atoms with Crippen molar-refractivity contribution in [3.63, 3.8) is 0 Å². The van der Waals surface area contributed by atoms with Crippen molar-refractivity contribution >= 4 is 16.1 Å². The van der Waals surface area contributed by atoms with Gasteiger partial charge in [0.15, 0.2) is 0 Å². The van der Waals surface area contributed by atoms with E-state index >= 15 is 0 Å². The molecular formula is C18H30N2O4S. The summed E-state index contributed by atoms with van der Waals surface area (Å²) in [5, 5.41) is 2.99. The van der Waals surface area contributed by atoms with E-state index in [1.807, 2.05) is 34.6 Å². The van der Waals surface area contributed by atoms with Crippen molar-refractivity contribution in [3.05, 3.63) is 29.8 Å². The number of urea groups is 1. The highest BCUT2D eigenvalue weighted by molar-refractivity contribution is 7.87. The third kappa shape index (κ3) is 7.34. The number of nitrogens with one attached hydrogen (secondary N) is 1. The minimum atomic E-state index is -3.53. The molecule has 0 aliphatic heterocycles. The summed E-state index contributed by atoms with van der Waals surface area (Å²) in [7, 11) is -3.53. The summed E-state index contributed by atoms with van der Waals surface area (Å²) in [4.78, 5) is 14.3. The zero-order valence-electron chi connectivity index (χ0n) is 16.0. The van der Waals surface area contributed by atoms with E-state index in [1.165, 1.54) is 6.92 Å². The van der Waals surface area contributed by atoms with Gasteiger partial charge in [-0.05, 0) is 58.7 Å². The highest BCUT2D eigenvalue weighted by Crippen LogP contribution is 2.18. The van der Waals surface area contributed by atoms with Gasteiger partial charge in [-0.1, -0.05) is 19.1 Å². The summed E-state index contributed by atoms with van der Waals surface area (Å²) in [6, 6.07) is 6.74. The van der Waals surface area contributed by atoms with Gasteiger partial charge in [-0.15, -0.1) is 0 Å². The van der Waals surface area contributed by atoms with Crippen LogP contribution in [0.5, 0.6) is 5.75 Å². The highest BCUT2D eigenvalue weighted by atomic mass is 32.2. The Balaban J connectivity index is 2.89. The van der Waals surface area contributed by atoms with E-state index in [4.69, 9.17) is 4.18 Å². The Morgan fingerprint density at radius 2 is 1.76 bits per heavy atom. The Morgan fingerprint density at radius 1 is 1.20 bits per heavy atom. The molecule has 142 valence electrons. The summed E-state index contributed by atoms with van der Waals surface area (Å²) in [6.07, 6.45) is 0.841. The first-order chi connectivity index (χ1) is 11.5. The number of hydrogen-bond acceptors (Lipinski definition) is 4. The second-order valence-corrected chi connectivity index (χ2v) is 9.00. The van der Waals surface area contributed by atoms with Crippen molar-refractivity contribution in [2.75, 3.05) is 5.75 Å². The van der Waals surface area contributed by atoms with Gasteiger partial charge in [0.1, 0.15) is 5.75 Å². The Morgan fingerprint density at radius 3 is 2.20 bits per heavy atom. The van der Waals surface area contributed by atoms with Crippen LogP contribution in [0.1, 0.15) is 53.5 Å². The maximum absolute atomic E-state index is 12.6. The van der Waals surface area contributed by atoms with Crippen molar-refractivity contribution in [1.82, 2.24) is 10.2 Å². The van der Waals surface area contributed by atoms with Crippen molar-refractivity contribution in [2.24, 2.45) is 0 Å². The van der Waals surface area contributed by atoms with E-state index in [1.54, 1.807) is 29.2 Å². The van der Waals surface area contributed by atoms with Gasteiger partial charge in [0.2, 0.25) is 0 Å². The molecule has 1 N–H and O–H groups in total. The molecule has 1 rings (SSSR count). The van der Waals surface area contributed by atoms with E-state index in [9.17, 15) is 13.2 Å². The molecule has 0 radical (unpaired) electrons. The van der Waals surface area contributed by atoms with Crippen LogP contribution in [0.2, 0.25) is 0 Å². The second kappa shape index (κ2) is 8.56. The van der Waals surface area contributed by atoms with Crippen molar-refractivity contribution < 1.29 is 17.4 Å². The van der Waals surface area contributed by atoms with Gasteiger partial charge in [0.25, 0.3) is 0 Å². The molecule has 0 bridgehead atoms. The molecule has 0 spiro atoms. The van der Waals surface area contributed by atoms with Crippen LogP contribution in [0.3, 0.4) is 0 Å². The predicted octanol–water partition coefficient (Wildman–Crippen LogP) is 3.52. The largest absolute Gasteiger partial charge is 0.382 e. The number of hydrogen-bond donors (Lipinski definition) is 1. The number of amides is 2. The minimum absolute atomic E-state index is 0.0798. The van der Waals surface area contributed by atoms with Gasteiger partial charge in [-0.3, -0.25) is 0 Å². The molecule has 0 heterocycles. The predicted molar refractivity (Wildman–Crippen MR) is 100 cm³/mol. The molecule has 1 aromatic rings. The van der Waals surface area contributed by atoms with Crippen LogP contribution in [-0.2, 0) is 16.7 Å². The monoisotopic (exact) mass is 370 g/mol. The van der Waals surface area contributed by atoms with E-state index in [0.717, 1.165) is 12.0 Å². The third-order valence-corrected chi connectivity index (χ3v) is 4.87. The first-order valence-corrected chi connectivity index (χ1v) is 10.1. The molecule has 0 saturated carbocycles. The number of rotatable bonds is 7. The van der Waals surface area contributed by atoms with Crippen molar-refractivity contribution in [1.29, 1.82) is 0 Å². The average molecular weight is 371 g/mol. The first kappa shape index (κ1) is 21.3. The number of carbonyl (C=O) groups is 1. The Labute approximate surface area is 151 Å². The van der Waals surface area contributed by atoms with Crippen LogP contribution in [0.25, 0.3) is 0 Å². The molecule has 0 saturated heterocycles. The smallest absolute Gasteiger partial charge is 0.318 e. The number of carbonyl (C=O) groups excluding carboxylic acids is 1. The molecule has 0 aliphatic carbocycles. The maximum atomic E-state index is 12.6. The Kier molecular flexibility index (Phi) is 7.29. The summed E-state index contributed by atoms with van der Waals surface area (Å²) in [5.74, 6) is 0.198. The number of nitrogens with zero attached hydrogens (tertiary/aromatic N) is 1. The molecule has 7 heteroatoms. The summed E-state index contributed by atoms with van der Waals surface area (Å²) >= 11 is 0. The van der Waals surface area contributed by atoms with Gasteiger partial charge in [0.05, 0.1) is 5.75 Å². The summed E-state index contributed by atoms with van der Waals surface area (Å²) < 4.78 is 28.0. The lowest BCUT2D eigenvalue weighted by Gasteiger charge is -2.32. The van der Waals surface area contributed by atoms with E-state index in [-0.39, 0.29) is 29.1 Å². The highest BCUT2D eigenvalue weighted by Gasteiger charge is 2.23. The zero-order valence-corrected chi connectivity index (χ0v) is 16.8. The summed E-state index contributed by atoms with van der Waals surface area (Å²) in [6.45, 7) is 11.8. The van der Waals surface area contributed by atoms with Crippen LogP contribution in [-0.4, -0.2) is 36.7 Å². The lowest BCUT2D eigenvalue weighted by atomic mass is 10.1. The topological polar surface area (TPSA) is 75.7 Å². The SMILES string of the molecule is CC[C@H](C)N(Cc1ccc(OS(=O)(=O)CC)cc1)C(=O)NC(C)(C)C. The molecule has 0 aromatic heterocycles. The summed E-state index contributed by atoms with van der Waals surface area (Å²) in [5.41, 5.74) is 0.597. The van der Waals surface area contributed by atoms with Crippen LogP contribution in [0, 0.1) is 0 Å². The fourth-order valence-electron chi connectivity index (χ4n) is 2.09. The molecule has 1 aromatic carbocycles. The van der Waals surface area contributed by atoms with Crippen LogP contribution < -0.4 is 9.50 Å². The molecule has 0 aliphatic rings. The number of benzene rings is 1. The molecule has 2 amide bonds. The maximum Gasteiger partial charge on any atom is 0.318 e. The lowest BCUT2D eigenvalue weighted by molar-refractivity contribution is 0.165. The molecular weight excluding hydrogens is 340 g/mol. The van der Waals surface area contributed by atoms with Gasteiger partial charge < -0.3 is 14.4 Å². The Bertz CT molecular complexity index is 663. The quantitative estimate of drug-likeness (QED) is 0.745. The van der Waals surface area contributed by atoms with Gasteiger partial charge in [-0.25, -0.2) is 4.79 Å². The van der Waals surface area contributed by atoms with E-state index < -0.39 is 10.1 Å². The Hall–Kier alpha value is -1.76. The average Bonchev–Trinajstić information content (AvgIpc) is 2.51. The van der Waals surface area contributed by atoms with Crippen LogP contribution >= 0.6 is 0 Å². The normalized spacial score (nSPS) is 13.2. The first-order valence-electron chi connectivity index (χ1n) is 8.57. The van der Waals surface area contributed by atoms with E-state index in [0.29, 0.717) is 6.54 Å². The lowest BCUT2D eigenvalue weighted by Crippen LogP contribution is -2.50. The van der Waals surface area contributed by atoms with Gasteiger partial charge in [-0.2, -0.15) is 8.42 Å². The standard InChI is InChI=1S/C18H30N2O4S/c1-7-14(3)20(17(21)19-18(4,5)6)13-15-9-11-16(12-10-15)24-25(22,23)8-2/h9-12,14H,7-8,13H2,1-6H3,(H,19,21)/t14-/m0/s1. The molecule has 25 heavy (non-hydrogen) atoms. The zero-order chi connectivity index (χ0) is 19.3. The van der Waals surface area contributed by atoms with Crippen molar-refractivity contribution in [2.45, 2.75) is 66.1 Å². The molecule has 0 unspecified atom stereocenters. The minimum Gasteiger partial charge on any atom is -0.382 e. The van der Waals surface area contributed by atoms with Crippen LogP contribution in [0.15, 0.2) is 24.3 Å².